The van der Waals surface area contributed by atoms with Crippen LogP contribution in [-0.4, -0.2) is 12.7 Å². The fourth-order valence-corrected chi connectivity index (χ4v) is 5.68. The van der Waals surface area contributed by atoms with Crippen LogP contribution < -0.4 is 0 Å². The van der Waals surface area contributed by atoms with E-state index in [0.717, 1.165) is 11.1 Å². The predicted octanol–water partition coefficient (Wildman–Crippen LogP) is 3.10. The van der Waals surface area contributed by atoms with Gasteiger partial charge in [0, 0.05) is 0 Å². The van der Waals surface area contributed by atoms with Crippen molar-refractivity contribution in [2.45, 2.75) is 16.3 Å². The van der Waals surface area contributed by atoms with Crippen LogP contribution in [0.3, 0.4) is 0 Å². The van der Waals surface area contributed by atoms with Gasteiger partial charge in [-0.2, -0.15) is 4.31 Å². The first-order chi connectivity index (χ1) is 9.19. The Morgan fingerprint density at radius 3 is 2.11 bits per heavy atom. The average molecular weight is 289 g/mol. The Morgan fingerprint density at radius 1 is 0.947 bits per heavy atom. The summed E-state index contributed by atoms with van der Waals surface area (Å²) in [5.41, 5.74) is 2.21. The molecule has 0 spiro atoms. The van der Waals surface area contributed by atoms with Gasteiger partial charge in [0.1, 0.15) is 4.21 Å². The van der Waals surface area contributed by atoms with Gasteiger partial charge in [-0.15, -0.1) is 11.3 Å². The molecule has 0 radical (unpaired) electrons. The van der Waals surface area contributed by atoms with Crippen molar-refractivity contribution in [3.63, 3.8) is 0 Å². The van der Waals surface area contributed by atoms with Crippen molar-refractivity contribution < 1.29 is 8.42 Å². The SMILES string of the molecule is O=S(=O)(c1cccs1)N1[C@@H]2C=C[C@H]1c1ccccc12. The second-order valence-corrected chi connectivity index (χ2v) is 7.69. The number of sulfonamides is 1. The molecule has 0 aliphatic carbocycles. The van der Waals surface area contributed by atoms with Gasteiger partial charge >= 0.3 is 0 Å². The normalized spacial score (nSPS) is 24.8. The molecule has 3 heterocycles. The van der Waals surface area contributed by atoms with Crippen molar-refractivity contribution in [3.8, 4) is 0 Å². The number of benzene rings is 1. The number of hydrogen-bond acceptors (Lipinski definition) is 3. The van der Waals surface area contributed by atoms with Gasteiger partial charge in [-0.05, 0) is 22.6 Å². The molecule has 0 unspecified atom stereocenters. The van der Waals surface area contributed by atoms with Gasteiger partial charge < -0.3 is 0 Å². The summed E-state index contributed by atoms with van der Waals surface area (Å²) in [5, 5.41) is 1.80. The number of fused-ring (bicyclic) bond motifs is 5. The summed E-state index contributed by atoms with van der Waals surface area (Å²) in [7, 11) is -3.41. The predicted molar refractivity (Wildman–Crippen MR) is 74.4 cm³/mol. The molecule has 2 bridgehead atoms. The summed E-state index contributed by atoms with van der Waals surface area (Å²) in [5.74, 6) is 0. The molecule has 0 saturated heterocycles. The zero-order valence-corrected chi connectivity index (χ0v) is 11.6. The van der Waals surface area contributed by atoms with Gasteiger partial charge in [0.15, 0.2) is 0 Å². The molecule has 1 aromatic carbocycles. The molecule has 5 heteroatoms. The zero-order valence-electron chi connectivity index (χ0n) is 9.93. The lowest BCUT2D eigenvalue weighted by Gasteiger charge is -2.21. The van der Waals surface area contributed by atoms with E-state index in [2.05, 4.69) is 0 Å². The van der Waals surface area contributed by atoms with Gasteiger partial charge in [-0.25, -0.2) is 8.42 Å². The van der Waals surface area contributed by atoms with Crippen LogP contribution in [0.15, 0.2) is 58.1 Å². The van der Waals surface area contributed by atoms with Crippen LogP contribution in [0.1, 0.15) is 23.2 Å². The monoisotopic (exact) mass is 289 g/mol. The lowest BCUT2D eigenvalue weighted by molar-refractivity contribution is 0.386. The maximum absolute atomic E-state index is 12.7. The Morgan fingerprint density at radius 2 is 1.58 bits per heavy atom. The molecular formula is C14H11NO2S2. The Labute approximate surface area is 115 Å². The molecule has 1 aromatic heterocycles. The van der Waals surface area contributed by atoms with Crippen molar-refractivity contribution in [1.29, 1.82) is 0 Å². The van der Waals surface area contributed by atoms with Gasteiger partial charge in [0.25, 0.3) is 10.0 Å². The highest BCUT2D eigenvalue weighted by molar-refractivity contribution is 7.91. The van der Waals surface area contributed by atoms with Gasteiger partial charge in [-0.1, -0.05) is 42.5 Å². The van der Waals surface area contributed by atoms with Crippen LogP contribution in [0.2, 0.25) is 0 Å². The molecule has 2 atom stereocenters. The van der Waals surface area contributed by atoms with Gasteiger partial charge in [-0.3, -0.25) is 0 Å². The highest BCUT2D eigenvalue weighted by Crippen LogP contribution is 2.51. The van der Waals surface area contributed by atoms with E-state index < -0.39 is 10.0 Å². The average Bonchev–Trinajstić information content (AvgIpc) is 3.14. The lowest BCUT2D eigenvalue weighted by Crippen LogP contribution is -2.28. The summed E-state index contributed by atoms with van der Waals surface area (Å²) < 4.78 is 27.5. The van der Waals surface area contributed by atoms with E-state index in [0.29, 0.717) is 4.21 Å². The summed E-state index contributed by atoms with van der Waals surface area (Å²) in [4.78, 5) is 0. The second-order valence-electron chi connectivity index (χ2n) is 4.67. The van der Waals surface area contributed by atoms with Crippen molar-refractivity contribution in [2.24, 2.45) is 0 Å². The number of thiophene rings is 1. The summed E-state index contributed by atoms with van der Waals surface area (Å²) >= 11 is 1.27. The lowest BCUT2D eigenvalue weighted by atomic mass is 9.97. The second kappa shape index (κ2) is 3.79. The van der Waals surface area contributed by atoms with Crippen molar-refractivity contribution in [2.75, 3.05) is 0 Å². The molecule has 0 fully saturated rings. The van der Waals surface area contributed by atoms with E-state index in [1.807, 2.05) is 36.4 Å². The fraction of sp³-hybridized carbons (Fsp3) is 0.143. The van der Waals surface area contributed by atoms with E-state index in [-0.39, 0.29) is 12.1 Å². The van der Waals surface area contributed by atoms with Crippen molar-refractivity contribution >= 4 is 21.4 Å². The van der Waals surface area contributed by atoms with Crippen LogP contribution >= 0.6 is 11.3 Å². The van der Waals surface area contributed by atoms with Gasteiger partial charge in [0.2, 0.25) is 0 Å². The molecule has 96 valence electrons. The molecule has 0 N–H and O–H groups in total. The largest absolute Gasteiger partial charge is 0.254 e. The number of rotatable bonds is 2. The first-order valence-electron chi connectivity index (χ1n) is 6.04. The highest BCUT2D eigenvalue weighted by atomic mass is 32.2. The Kier molecular flexibility index (Phi) is 2.27. The van der Waals surface area contributed by atoms with E-state index in [9.17, 15) is 8.42 Å². The van der Waals surface area contributed by atoms with Crippen molar-refractivity contribution in [1.82, 2.24) is 4.31 Å². The molecule has 2 aliphatic heterocycles. The van der Waals surface area contributed by atoms with Gasteiger partial charge in [0.05, 0.1) is 12.1 Å². The molecule has 3 nitrogen and oxygen atoms in total. The molecule has 2 aliphatic rings. The summed E-state index contributed by atoms with van der Waals surface area (Å²) in [6.07, 6.45) is 3.97. The van der Waals surface area contributed by atoms with Crippen LogP contribution in [0, 0.1) is 0 Å². The van der Waals surface area contributed by atoms with Crippen LogP contribution in [0.25, 0.3) is 0 Å². The van der Waals surface area contributed by atoms with Crippen LogP contribution in [-0.2, 0) is 10.0 Å². The minimum absolute atomic E-state index is 0.145. The van der Waals surface area contributed by atoms with E-state index >= 15 is 0 Å². The Hall–Kier alpha value is -1.43. The summed E-state index contributed by atoms with van der Waals surface area (Å²) in [6, 6.07) is 11.1. The fourth-order valence-electron chi connectivity index (χ4n) is 2.90. The molecule has 0 amide bonds. The topological polar surface area (TPSA) is 37.4 Å². The van der Waals surface area contributed by atoms with Crippen LogP contribution in [0.5, 0.6) is 0 Å². The first-order valence-corrected chi connectivity index (χ1v) is 8.36. The highest BCUT2D eigenvalue weighted by Gasteiger charge is 2.47. The molecule has 4 rings (SSSR count). The smallest absolute Gasteiger partial charge is 0.206 e. The minimum Gasteiger partial charge on any atom is -0.206 e. The van der Waals surface area contributed by atoms with E-state index in [4.69, 9.17) is 0 Å². The molecule has 2 aromatic rings. The zero-order chi connectivity index (χ0) is 13.0. The van der Waals surface area contributed by atoms with Crippen LogP contribution in [0.4, 0.5) is 0 Å². The summed E-state index contributed by atoms with van der Waals surface area (Å²) in [6.45, 7) is 0. The third-order valence-electron chi connectivity index (χ3n) is 3.68. The molecule has 19 heavy (non-hydrogen) atoms. The maximum Gasteiger partial charge on any atom is 0.254 e. The Balaban J connectivity index is 1.86. The molecule has 0 saturated carbocycles. The third-order valence-corrected chi connectivity index (χ3v) is 6.92. The third kappa shape index (κ3) is 1.43. The van der Waals surface area contributed by atoms with Crippen molar-refractivity contribution in [3.05, 3.63) is 65.1 Å². The quantitative estimate of drug-likeness (QED) is 0.797. The Bertz CT molecular complexity index is 730. The number of nitrogens with zero attached hydrogens (tertiary/aromatic N) is 1. The molecular weight excluding hydrogens is 278 g/mol. The van der Waals surface area contributed by atoms with E-state index in [1.165, 1.54) is 11.3 Å². The minimum atomic E-state index is -3.41. The standard InChI is InChI=1S/C14H11NO2S2/c16-19(17,14-6-3-9-18-14)15-12-7-8-13(15)11-5-2-1-4-10(11)12/h1-9,12-13H/t12-,13+. The first kappa shape index (κ1) is 11.4. The van der Waals surface area contributed by atoms with E-state index in [1.54, 1.807) is 21.8 Å². The number of hydrogen-bond donors (Lipinski definition) is 0. The maximum atomic E-state index is 12.7.